The molecule has 1 atom stereocenters. The second-order valence-corrected chi connectivity index (χ2v) is 7.20. The average Bonchev–Trinajstić information content (AvgIpc) is 2.37. The Morgan fingerprint density at radius 3 is 2.40 bits per heavy atom. The van der Waals surface area contributed by atoms with E-state index < -0.39 is 15.6 Å². The fourth-order valence-electron chi connectivity index (χ4n) is 1.78. The Bertz CT molecular complexity index is 570. The van der Waals surface area contributed by atoms with Gasteiger partial charge in [0, 0.05) is 12.1 Å². The van der Waals surface area contributed by atoms with E-state index in [0.717, 1.165) is 5.56 Å². The van der Waals surface area contributed by atoms with Gasteiger partial charge in [-0.3, -0.25) is 0 Å². The molecule has 0 aliphatic heterocycles. The molecule has 20 heavy (non-hydrogen) atoms. The number of hydrogen-bond acceptors (Lipinski definition) is 4. The minimum Gasteiger partial charge on any atom is -0.496 e. The van der Waals surface area contributed by atoms with Crippen molar-refractivity contribution in [2.75, 3.05) is 13.7 Å². The van der Waals surface area contributed by atoms with Crippen molar-refractivity contribution in [2.24, 2.45) is 11.7 Å². The van der Waals surface area contributed by atoms with E-state index in [1.165, 1.54) is 6.07 Å². The summed E-state index contributed by atoms with van der Waals surface area (Å²) in [4.78, 5) is 0.219. The first-order valence-corrected chi connectivity index (χ1v) is 8.03. The highest BCUT2D eigenvalue weighted by atomic mass is 32.2. The lowest BCUT2D eigenvalue weighted by atomic mass is 9.90. The Hall–Kier alpha value is -1.11. The van der Waals surface area contributed by atoms with Crippen LogP contribution in [0.4, 0.5) is 0 Å². The first kappa shape index (κ1) is 16.9. The third-order valence-corrected chi connectivity index (χ3v) is 5.35. The Kier molecular flexibility index (Phi) is 5.18. The molecule has 0 spiro atoms. The average molecular weight is 300 g/mol. The molecular weight excluding hydrogens is 276 g/mol. The van der Waals surface area contributed by atoms with Gasteiger partial charge in [-0.25, -0.2) is 13.1 Å². The third-order valence-electron chi connectivity index (χ3n) is 3.74. The van der Waals surface area contributed by atoms with Crippen molar-refractivity contribution in [3.8, 4) is 5.75 Å². The Balaban J connectivity index is 3.14. The summed E-state index contributed by atoms with van der Waals surface area (Å²) in [6.45, 7) is 7.73. The van der Waals surface area contributed by atoms with Crippen molar-refractivity contribution in [2.45, 2.75) is 38.1 Å². The van der Waals surface area contributed by atoms with Crippen LogP contribution in [-0.2, 0) is 10.0 Å². The lowest BCUT2D eigenvalue weighted by Crippen LogP contribution is -2.54. The summed E-state index contributed by atoms with van der Waals surface area (Å²) < 4.78 is 32.8. The van der Waals surface area contributed by atoms with E-state index in [9.17, 15) is 8.42 Å². The van der Waals surface area contributed by atoms with Crippen molar-refractivity contribution in [3.63, 3.8) is 0 Å². The first-order valence-electron chi connectivity index (χ1n) is 6.55. The summed E-state index contributed by atoms with van der Waals surface area (Å²) in [6, 6.07) is 4.78. The van der Waals surface area contributed by atoms with Crippen molar-refractivity contribution < 1.29 is 13.2 Å². The maximum absolute atomic E-state index is 12.5. The second-order valence-electron chi connectivity index (χ2n) is 5.51. The van der Waals surface area contributed by atoms with Crippen LogP contribution < -0.4 is 15.2 Å². The van der Waals surface area contributed by atoms with Crippen molar-refractivity contribution in [1.82, 2.24) is 4.72 Å². The van der Waals surface area contributed by atoms with E-state index in [0.29, 0.717) is 5.75 Å². The highest BCUT2D eigenvalue weighted by Crippen LogP contribution is 2.24. The number of sulfonamides is 1. The zero-order chi connectivity index (χ0) is 15.6. The van der Waals surface area contributed by atoms with E-state index >= 15 is 0 Å². The number of ether oxygens (including phenoxy) is 1. The van der Waals surface area contributed by atoms with Gasteiger partial charge in [-0.2, -0.15) is 0 Å². The van der Waals surface area contributed by atoms with E-state index in [1.54, 1.807) is 19.2 Å². The molecule has 1 unspecified atom stereocenters. The van der Waals surface area contributed by atoms with E-state index in [2.05, 4.69) is 4.72 Å². The normalized spacial score (nSPS) is 15.2. The molecule has 0 amide bonds. The highest BCUT2D eigenvalue weighted by Gasteiger charge is 2.32. The number of nitrogens with two attached hydrogens (primary N) is 1. The molecule has 0 bridgehead atoms. The molecule has 0 aliphatic rings. The van der Waals surface area contributed by atoms with Crippen LogP contribution in [0.1, 0.15) is 26.3 Å². The number of aryl methyl sites for hydroxylation is 1. The van der Waals surface area contributed by atoms with Crippen LogP contribution in [0.2, 0.25) is 0 Å². The van der Waals surface area contributed by atoms with Gasteiger partial charge >= 0.3 is 0 Å². The standard InChI is InChI=1S/C14H24N2O3S/c1-10(2)14(4,9-15)16-20(17,18)12-6-7-13(19-5)11(3)8-12/h6-8,10,16H,9,15H2,1-5H3. The Morgan fingerprint density at radius 1 is 1.40 bits per heavy atom. The summed E-state index contributed by atoms with van der Waals surface area (Å²) in [6.07, 6.45) is 0. The van der Waals surface area contributed by atoms with Crippen molar-refractivity contribution >= 4 is 10.0 Å². The minimum atomic E-state index is -3.61. The van der Waals surface area contributed by atoms with E-state index in [-0.39, 0.29) is 17.4 Å². The Labute approximate surface area is 121 Å². The molecule has 0 aliphatic carbocycles. The molecule has 1 aromatic carbocycles. The van der Waals surface area contributed by atoms with Crippen LogP contribution in [0, 0.1) is 12.8 Å². The molecule has 1 rings (SSSR count). The SMILES string of the molecule is COc1ccc(S(=O)(=O)NC(C)(CN)C(C)C)cc1C. The molecule has 0 aromatic heterocycles. The molecule has 5 nitrogen and oxygen atoms in total. The van der Waals surface area contributed by atoms with Gasteiger partial charge in [-0.1, -0.05) is 13.8 Å². The fourth-order valence-corrected chi connectivity index (χ4v) is 3.41. The van der Waals surface area contributed by atoms with Crippen LogP contribution in [-0.4, -0.2) is 27.6 Å². The van der Waals surface area contributed by atoms with Crippen LogP contribution >= 0.6 is 0 Å². The monoisotopic (exact) mass is 300 g/mol. The smallest absolute Gasteiger partial charge is 0.241 e. The van der Waals surface area contributed by atoms with Crippen molar-refractivity contribution in [1.29, 1.82) is 0 Å². The maximum Gasteiger partial charge on any atom is 0.241 e. The van der Waals surface area contributed by atoms with Crippen LogP contribution in [0.25, 0.3) is 0 Å². The molecule has 0 saturated heterocycles. The number of rotatable bonds is 6. The zero-order valence-corrected chi connectivity index (χ0v) is 13.5. The van der Waals surface area contributed by atoms with Gasteiger partial charge in [0.1, 0.15) is 5.75 Å². The predicted molar refractivity (Wildman–Crippen MR) is 80.3 cm³/mol. The fraction of sp³-hybridized carbons (Fsp3) is 0.571. The minimum absolute atomic E-state index is 0.0848. The topological polar surface area (TPSA) is 81.4 Å². The number of nitrogens with one attached hydrogen (secondary N) is 1. The maximum atomic E-state index is 12.5. The van der Waals surface area contributed by atoms with Gasteiger partial charge in [0.25, 0.3) is 0 Å². The second kappa shape index (κ2) is 6.11. The third kappa shape index (κ3) is 3.50. The zero-order valence-electron chi connectivity index (χ0n) is 12.7. The van der Waals surface area contributed by atoms with Crippen molar-refractivity contribution in [3.05, 3.63) is 23.8 Å². The molecule has 0 fully saturated rings. The summed E-state index contributed by atoms with van der Waals surface area (Å²) >= 11 is 0. The van der Waals surface area contributed by atoms with Crippen LogP contribution in [0.3, 0.4) is 0 Å². The molecule has 6 heteroatoms. The van der Waals surface area contributed by atoms with Gasteiger partial charge in [0.2, 0.25) is 10.0 Å². The largest absolute Gasteiger partial charge is 0.496 e. The highest BCUT2D eigenvalue weighted by molar-refractivity contribution is 7.89. The molecule has 0 saturated carbocycles. The number of hydrogen-bond donors (Lipinski definition) is 2. The quantitative estimate of drug-likeness (QED) is 0.837. The van der Waals surface area contributed by atoms with Gasteiger partial charge in [0.05, 0.1) is 12.0 Å². The van der Waals surface area contributed by atoms with Crippen LogP contribution in [0.15, 0.2) is 23.1 Å². The van der Waals surface area contributed by atoms with Gasteiger partial charge in [-0.05, 0) is 43.5 Å². The summed E-state index contributed by atoms with van der Waals surface area (Å²) in [5.74, 6) is 0.746. The molecule has 0 heterocycles. The lowest BCUT2D eigenvalue weighted by Gasteiger charge is -2.33. The van der Waals surface area contributed by atoms with Gasteiger partial charge in [-0.15, -0.1) is 0 Å². The first-order chi connectivity index (χ1) is 9.16. The summed E-state index contributed by atoms with van der Waals surface area (Å²) in [7, 11) is -2.05. The lowest BCUT2D eigenvalue weighted by molar-refractivity contribution is 0.315. The summed E-state index contributed by atoms with van der Waals surface area (Å²) in [5.41, 5.74) is 5.82. The Morgan fingerprint density at radius 2 is 2.00 bits per heavy atom. The molecule has 0 radical (unpaired) electrons. The van der Waals surface area contributed by atoms with Gasteiger partial charge in [0.15, 0.2) is 0 Å². The number of benzene rings is 1. The molecular formula is C14H24N2O3S. The predicted octanol–water partition coefficient (Wildman–Crippen LogP) is 1.66. The molecule has 114 valence electrons. The van der Waals surface area contributed by atoms with E-state index in [4.69, 9.17) is 10.5 Å². The van der Waals surface area contributed by atoms with E-state index in [1.807, 2.05) is 27.7 Å². The molecule has 1 aromatic rings. The molecule has 3 N–H and O–H groups in total. The summed E-state index contributed by atoms with van der Waals surface area (Å²) in [5, 5.41) is 0. The van der Waals surface area contributed by atoms with Crippen LogP contribution in [0.5, 0.6) is 5.75 Å². The number of methoxy groups -OCH3 is 1. The van der Waals surface area contributed by atoms with Gasteiger partial charge < -0.3 is 10.5 Å².